The van der Waals surface area contributed by atoms with Crippen LogP contribution in [0.4, 0.5) is 0 Å². The van der Waals surface area contributed by atoms with E-state index in [0.29, 0.717) is 33.6 Å². The standard InChI is InChI=1S/C13H16BrClO4S/c1-19-13-9(6-8(15)7-10(13)14)12(16)11-4-2-3-5-20(11,17)18/h6-7,11-12,16H,2-5H2,1H3. The minimum atomic E-state index is -3.29. The van der Waals surface area contributed by atoms with Gasteiger partial charge in [-0.3, -0.25) is 0 Å². The third-order valence-electron chi connectivity index (χ3n) is 3.54. The smallest absolute Gasteiger partial charge is 0.156 e. The quantitative estimate of drug-likeness (QED) is 0.871. The normalized spacial score (nSPS) is 23.3. The van der Waals surface area contributed by atoms with Gasteiger partial charge in [0, 0.05) is 10.6 Å². The van der Waals surface area contributed by atoms with E-state index in [1.807, 2.05) is 0 Å². The third-order valence-corrected chi connectivity index (χ3v) is 6.62. The van der Waals surface area contributed by atoms with E-state index in [0.717, 1.165) is 6.42 Å². The van der Waals surface area contributed by atoms with Crippen molar-refractivity contribution in [3.8, 4) is 5.75 Å². The number of hydrogen-bond donors (Lipinski definition) is 1. The lowest BCUT2D eigenvalue weighted by atomic mass is 10.0. The molecule has 2 rings (SSSR count). The van der Waals surface area contributed by atoms with Crippen LogP contribution in [0, 0.1) is 0 Å². The van der Waals surface area contributed by atoms with Crippen molar-refractivity contribution in [2.45, 2.75) is 30.6 Å². The second-order valence-corrected chi connectivity index (χ2v) is 8.49. The Labute approximate surface area is 132 Å². The Morgan fingerprint density at radius 1 is 1.45 bits per heavy atom. The molecule has 1 aliphatic heterocycles. The Bertz CT molecular complexity index is 603. The van der Waals surface area contributed by atoms with E-state index in [1.54, 1.807) is 12.1 Å². The summed E-state index contributed by atoms with van der Waals surface area (Å²) in [7, 11) is -1.81. The molecule has 1 fully saturated rings. The molecule has 1 aromatic rings. The summed E-state index contributed by atoms with van der Waals surface area (Å²) in [6, 6.07) is 3.20. The van der Waals surface area contributed by atoms with Gasteiger partial charge >= 0.3 is 0 Å². The highest BCUT2D eigenvalue weighted by atomic mass is 79.9. The highest BCUT2D eigenvalue weighted by molar-refractivity contribution is 9.10. The number of aliphatic hydroxyl groups is 1. The van der Waals surface area contributed by atoms with E-state index in [2.05, 4.69) is 15.9 Å². The first-order valence-electron chi connectivity index (χ1n) is 6.29. The van der Waals surface area contributed by atoms with Crippen LogP contribution in [0.3, 0.4) is 0 Å². The lowest BCUT2D eigenvalue weighted by Crippen LogP contribution is -2.34. The highest BCUT2D eigenvalue weighted by Gasteiger charge is 2.37. The lowest BCUT2D eigenvalue weighted by molar-refractivity contribution is 0.160. The fraction of sp³-hybridized carbons (Fsp3) is 0.538. The third kappa shape index (κ3) is 3.13. The van der Waals surface area contributed by atoms with Gasteiger partial charge in [0.1, 0.15) is 5.75 Å². The molecule has 0 aromatic heterocycles. The molecule has 4 nitrogen and oxygen atoms in total. The van der Waals surface area contributed by atoms with Crippen LogP contribution in [-0.2, 0) is 9.84 Å². The van der Waals surface area contributed by atoms with Crippen LogP contribution >= 0.6 is 27.5 Å². The summed E-state index contributed by atoms with van der Waals surface area (Å²) in [6.07, 6.45) is 0.772. The molecule has 1 heterocycles. The van der Waals surface area contributed by atoms with Crippen molar-refractivity contribution < 1.29 is 18.3 Å². The Morgan fingerprint density at radius 2 is 2.15 bits per heavy atom. The minimum Gasteiger partial charge on any atom is -0.495 e. The van der Waals surface area contributed by atoms with Gasteiger partial charge in [0.2, 0.25) is 0 Å². The predicted molar refractivity (Wildman–Crippen MR) is 82.1 cm³/mol. The van der Waals surface area contributed by atoms with Gasteiger partial charge in [-0.2, -0.15) is 0 Å². The van der Waals surface area contributed by atoms with E-state index >= 15 is 0 Å². The molecule has 0 bridgehead atoms. The number of rotatable bonds is 3. The zero-order valence-electron chi connectivity index (χ0n) is 11.0. The number of ether oxygens (including phenoxy) is 1. The predicted octanol–water partition coefficient (Wildman–Crippen LogP) is 3.11. The van der Waals surface area contributed by atoms with E-state index < -0.39 is 21.2 Å². The number of halogens is 2. The van der Waals surface area contributed by atoms with Crippen molar-refractivity contribution in [1.29, 1.82) is 0 Å². The van der Waals surface area contributed by atoms with E-state index in [4.69, 9.17) is 16.3 Å². The van der Waals surface area contributed by atoms with Crippen molar-refractivity contribution in [1.82, 2.24) is 0 Å². The van der Waals surface area contributed by atoms with E-state index in [-0.39, 0.29) is 5.75 Å². The summed E-state index contributed by atoms with van der Waals surface area (Å²) in [5.41, 5.74) is 0.405. The van der Waals surface area contributed by atoms with Crippen molar-refractivity contribution in [3.63, 3.8) is 0 Å². The van der Waals surface area contributed by atoms with Crippen LogP contribution in [-0.4, -0.2) is 31.6 Å². The zero-order valence-corrected chi connectivity index (χ0v) is 14.1. The summed E-state index contributed by atoms with van der Waals surface area (Å²) in [5, 5.41) is 10.1. The monoisotopic (exact) mass is 382 g/mol. The molecule has 1 N–H and O–H groups in total. The lowest BCUT2D eigenvalue weighted by Gasteiger charge is -2.28. The highest BCUT2D eigenvalue weighted by Crippen LogP contribution is 2.40. The van der Waals surface area contributed by atoms with Crippen molar-refractivity contribution in [3.05, 3.63) is 27.2 Å². The molecular weight excluding hydrogens is 368 g/mol. The molecule has 20 heavy (non-hydrogen) atoms. The molecule has 112 valence electrons. The second-order valence-electron chi connectivity index (χ2n) is 4.86. The van der Waals surface area contributed by atoms with Crippen LogP contribution in [0.5, 0.6) is 5.75 Å². The van der Waals surface area contributed by atoms with Crippen LogP contribution in [0.1, 0.15) is 30.9 Å². The SMILES string of the molecule is COc1c(Br)cc(Cl)cc1C(O)C1CCCCS1(=O)=O. The second kappa shape index (κ2) is 6.22. The topological polar surface area (TPSA) is 63.6 Å². The molecule has 1 aliphatic rings. The van der Waals surface area contributed by atoms with Crippen molar-refractivity contribution >= 4 is 37.4 Å². The number of aliphatic hydroxyl groups excluding tert-OH is 1. The Hall–Kier alpha value is -0.300. The molecule has 2 atom stereocenters. The van der Waals surface area contributed by atoms with Gasteiger partial charge < -0.3 is 9.84 Å². The molecule has 0 saturated carbocycles. The number of hydrogen-bond acceptors (Lipinski definition) is 4. The van der Waals surface area contributed by atoms with E-state index in [1.165, 1.54) is 7.11 Å². The van der Waals surface area contributed by atoms with Gasteiger partial charge in [-0.05, 0) is 40.9 Å². The van der Waals surface area contributed by atoms with Crippen molar-refractivity contribution in [2.24, 2.45) is 0 Å². The van der Waals surface area contributed by atoms with Crippen LogP contribution < -0.4 is 4.74 Å². The number of sulfone groups is 1. The summed E-state index contributed by atoms with van der Waals surface area (Å²) in [4.78, 5) is 0. The summed E-state index contributed by atoms with van der Waals surface area (Å²) < 4.78 is 30.1. The van der Waals surface area contributed by atoms with Crippen LogP contribution in [0.2, 0.25) is 5.02 Å². The Balaban J connectivity index is 2.45. The van der Waals surface area contributed by atoms with Gasteiger partial charge in [0.05, 0.1) is 28.7 Å². The zero-order chi connectivity index (χ0) is 14.9. The summed E-state index contributed by atoms with van der Waals surface area (Å²) >= 11 is 9.30. The van der Waals surface area contributed by atoms with Gasteiger partial charge in [0.25, 0.3) is 0 Å². The molecule has 0 amide bonds. The first kappa shape index (κ1) is 16.1. The molecular formula is C13H16BrClO4S. The number of methoxy groups -OCH3 is 1. The van der Waals surface area contributed by atoms with Crippen LogP contribution in [0.25, 0.3) is 0 Å². The van der Waals surface area contributed by atoms with Gasteiger partial charge in [-0.15, -0.1) is 0 Å². The molecule has 2 unspecified atom stereocenters. The largest absolute Gasteiger partial charge is 0.495 e. The molecule has 1 aromatic carbocycles. The van der Waals surface area contributed by atoms with Crippen LogP contribution in [0.15, 0.2) is 16.6 Å². The fourth-order valence-corrected chi connectivity index (χ4v) is 5.52. The maximum atomic E-state index is 12.1. The van der Waals surface area contributed by atoms with E-state index in [9.17, 15) is 13.5 Å². The Morgan fingerprint density at radius 3 is 2.75 bits per heavy atom. The molecule has 7 heteroatoms. The summed E-state index contributed by atoms with van der Waals surface area (Å²) in [5.74, 6) is 0.543. The average molecular weight is 384 g/mol. The number of benzene rings is 1. The maximum Gasteiger partial charge on any atom is 0.156 e. The van der Waals surface area contributed by atoms with Gasteiger partial charge in [-0.1, -0.05) is 18.0 Å². The molecule has 1 saturated heterocycles. The Kier molecular flexibility index (Phi) is 5.00. The van der Waals surface area contributed by atoms with Crippen molar-refractivity contribution in [2.75, 3.05) is 12.9 Å². The maximum absolute atomic E-state index is 12.1. The van der Waals surface area contributed by atoms with Gasteiger partial charge in [0.15, 0.2) is 9.84 Å². The first-order valence-corrected chi connectivity index (χ1v) is 9.18. The fourth-order valence-electron chi connectivity index (χ4n) is 2.55. The molecule has 0 spiro atoms. The van der Waals surface area contributed by atoms with Gasteiger partial charge in [-0.25, -0.2) is 8.42 Å². The molecule has 0 radical (unpaired) electrons. The average Bonchev–Trinajstić information content (AvgIpc) is 2.36. The molecule has 0 aliphatic carbocycles. The summed E-state index contributed by atoms with van der Waals surface area (Å²) in [6.45, 7) is 0. The minimum absolute atomic E-state index is 0.124. The first-order chi connectivity index (χ1) is 9.36.